The van der Waals surface area contributed by atoms with Crippen LogP contribution in [0.1, 0.15) is 36.9 Å². The van der Waals surface area contributed by atoms with Gasteiger partial charge in [-0.1, -0.05) is 42.8 Å². The molecule has 0 amide bonds. The number of aromatic nitrogens is 1. The lowest BCUT2D eigenvalue weighted by Gasteiger charge is -2.20. The Labute approximate surface area is 140 Å². The van der Waals surface area contributed by atoms with E-state index in [1.165, 1.54) is 22.2 Å². The van der Waals surface area contributed by atoms with Crippen LogP contribution in [0.2, 0.25) is 0 Å². The molecule has 0 fully saturated rings. The minimum atomic E-state index is -0.0469. The summed E-state index contributed by atoms with van der Waals surface area (Å²) in [6.45, 7) is 2.29. The number of hydrogen-bond donors (Lipinski definition) is 0. The molecule has 0 saturated carbocycles. The summed E-state index contributed by atoms with van der Waals surface area (Å²) in [6, 6.07) is 8.59. The first kappa shape index (κ1) is 14.2. The summed E-state index contributed by atoms with van der Waals surface area (Å²) >= 11 is 12.6. The second kappa shape index (κ2) is 5.33. The highest BCUT2D eigenvalue weighted by Crippen LogP contribution is 2.40. The number of halogens is 2. The van der Waals surface area contributed by atoms with E-state index in [0.29, 0.717) is 12.3 Å². The van der Waals surface area contributed by atoms with Gasteiger partial charge < -0.3 is 4.57 Å². The Kier molecular flexibility index (Phi) is 3.43. The van der Waals surface area contributed by atoms with Crippen molar-refractivity contribution in [1.82, 2.24) is 4.57 Å². The quantitative estimate of drug-likeness (QED) is 0.554. The summed E-state index contributed by atoms with van der Waals surface area (Å²) in [5, 5.41) is 2.10. The molecule has 0 spiro atoms. The van der Waals surface area contributed by atoms with Gasteiger partial charge in [0.05, 0.1) is 10.9 Å². The predicted molar refractivity (Wildman–Crippen MR) is 96.5 cm³/mol. The van der Waals surface area contributed by atoms with Gasteiger partial charge in [0, 0.05) is 28.2 Å². The van der Waals surface area contributed by atoms with Crippen LogP contribution in [0.25, 0.3) is 22.7 Å². The lowest BCUT2D eigenvalue weighted by Crippen LogP contribution is -2.08. The normalized spacial score (nSPS) is 24.1. The van der Waals surface area contributed by atoms with Crippen LogP contribution in [0, 0.1) is 0 Å². The molecule has 2 atom stereocenters. The SMILES string of the molecule is CC1CC=Cc2c1c1ccccc1n2C1=CC(Cl)CC(Cl)=C1. The van der Waals surface area contributed by atoms with E-state index in [0.717, 1.165) is 17.2 Å². The summed E-state index contributed by atoms with van der Waals surface area (Å²) in [4.78, 5) is 0. The predicted octanol–water partition coefficient (Wildman–Crippen LogP) is 6.14. The average molecular weight is 330 g/mol. The molecule has 0 radical (unpaired) electrons. The van der Waals surface area contributed by atoms with Crippen molar-refractivity contribution >= 4 is 45.9 Å². The fourth-order valence-corrected chi connectivity index (χ4v) is 4.24. The molecule has 2 aliphatic rings. The van der Waals surface area contributed by atoms with Gasteiger partial charge in [0.2, 0.25) is 0 Å². The molecule has 0 bridgehead atoms. The molecule has 0 N–H and O–H groups in total. The van der Waals surface area contributed by atoms with E-state index in [4.69, 9.17) is 23.2 Å². The monoisotopic (exact) mass is 329 g/mol. The molecule has 112 valence electrons. The number of hydrogen-bond acceptors (Lipinski definition) is 0. The van der Waals surface area contributed by atoms with Gasteiger partial charge >= 0.3 is 0 Å². The molecule has 22 heavy (non-hydrogen) atoms. The molecule has 0 aliphatic heterocycles. The van der Waals surface area contributed by atoms with Crippen molar-refractivity contribution in [1.29, 1.82) is 0 Å². The van der Waals surface area contributed by atoms with E-state index in [2.05, 4.69) is 54.0 Å². The van der Waals surface area contributed by atoms with Crippen LogP contribution < -0.4 is 0 Å². The van der Waals surface area contributed by atoms with Gasteiger partial charge in [-0.2, -0.15) is 0 Å². The van der Waals surface area contributed by atoms with Gasteiger partial charge in [0.15, 0.2) is 0 Å². The number of allylic oxidation sites excluding steroid dienone is 5. The zero-order valence-electron chi connectivity index (χ0n) is 12.4. The maximum absolute atomic E-state index is 6.35. The molecule has 1 aromatic heterocycles. The molecule has 1 nitrogen and oxygen atoms in total. The first-order chi connectivity index (χ1) is 10.6. The van der Waals surface area contributed by atoms with Crippen molar-refractivity contribution in [3.05, 3.63) is 58.8 Å². The smallest absolute Gasteiger partial charge is 0.0587 e. The molecule has 1 aromatic carbocycles. The molecule has 3 heteroatoms. The molecule has 4 rings (SSSR count). The van der Waals surface area contributed by atoms with E-state index >= 15 is 0 Å². The minimum Gasteiger partial charge on any atom is -0.310 e. The van der Waals surface area contributed by atoms with Gasteiger partial charge in [-0.15, -0.1) is 11.6 Å². The minimum absolute atomic E-state index is 0.0469. The Morgan fingerprint density at radius 2 is 2.05 bits per heavy atom. The third kappa shape index (κ3) is 2.15. The van der Waals surface area contributed by atoms with Crippen LogP contribution in [0.15, 0.2) is 47.5 Å². The summed E-state index contributed by atoms with van der Waals surface area (Å²) in [5.74, 6) is 0.529. The van der Waals surface area contributed by atoms with Crippen LogP contribution in [0.3, 0.4) is 0 Å². The van der Waals surface area contributed by atoms with Crippen LogP contribution in [0.5, 0.6) is 0 Å². The van der Waals surface area contributed by atoms with Gasteiger partial charge in [-0.05, 0) is 42.2 Å². The van der Waals surface area contributed by atoms with Crippen molar-refractivity contribution in [2.75, 3.05) is 0 Å². The Balaban J connectivity index is 2.05. The Morgan fingerprint density at radius 1 is 1.23 bits per heavy atom. The highest BCUT2D eigenvalue weighted by Gasteiger charge is 2.24. The Bertz CT molecular complexity index is 838. The number of nitrogens with zero attached hydrogens (tertiary/aromatic N) is 1. The third-order valence-electron chi connectivity index (χ3n) is 4.51. The van der Waals surface area contributed by atoms with Gasteiger partial charge in [-0.25, -0.2) is 0 Å². The highest BCUT2D eigenvalue weighted by atomic mass is 35.5. The van der Waals surface area contributed by atoms with Gasteiger partial charge in [0.1, 0.15) is 0 Å². The average Bonchev–Trinajstić information content (AvgIpc) is 2.81. The van der Waals surface area contributed by atoms with E-state index in [1.54, 1.807) is 0 Å². The van der Waals surface area contributed by atoms with Gasteiger partial charge in [0.25, 0.3) is 0 Å². The van der Waals surface area contributed by atoms with Crippen LogP contribution >= 0.6 is 23.2 Å². The standard InChI is InChI=1S/C19H17Cl2N/c1-12-5-4-8-18-19(12)16-6-2-3-7-17(16)22(18)15-10-13(20)9-14(21)11-15/h2-4,6-8,10-13H,5,9H2,1H3. The lowest BCUT2D eigenvalue weighted by atomic mass is 9.91. The Morgan fingerprint density at radius 3 is 2.86 bits per heavy atom. The van der Waals surface area contributed by atoms with Gasteiger partial charge in [-0.3, -0.25) is 0 Å². The number of alkyl halides is 1. The highest BCUT2D eigenvalue weighted by molar-refractivity contribution is 6.32. The van der Waals surface area contributed by atoms with Crippen LogP contribution in [0.4, 0.5) is 0 Å². The largest absolute Gasteiger partial charge is 0.310 e. The van der Waals surface area contributed by atoms with Crippen LogP contribution in [-0.2, 0) is 0 Å². The van der Waals surface area contributed by atoms with E-state index in [-0.39, 0.29) is 5.38 Å². The number of benzene rings is 1. The van der Waals surface area contributed by atoms with Crippen molar-refractivity contribution in [2.24, 2.45) is 0 Å². The van der Waals surface area contributed by atoms with E-state index in [9.17, 15) is 0 Å². The fourth-order valence-electron chi connectivity index (χ4n) is 3.58. The first-order valence-corrected chi connectivity index (χ1v) is 8.49. The van der Waals surface area contributed by atoms with Crippen molar-refractivity contribution in [3.63, 3.8) is 0 Å². The maximum atomic E-state index is 6.35. The third-order valence-corrected chi connectivity index (χ3v) is 5.06. The number of rotatable bonds is 1. The van der Waals surface area contributed by atoms with E-state index in [1.807, 2.05) is 6.08 Å². The molecule has 1 heterocycles. The summed E-state index contributed by atoms with van der Waals surface area (Å²) in [7, 11) is 0. The van der Waals surface area contributed by atoms with Crippen molar-refractivity contribution in [2.45, 2.75) is 31.1 Å². The number of para-hydroxylation sites is 1. The zero-order valence-corrected chi connectivity index (χ0v) is 13.9. The molecule has 2 unspecified atom stereocenters. The topological polar surface area (TPSA) is 4.93 Å². The molecule has 2 aliphatic carbocycles. The van der Waals surface area contributed by atoms with Crippen LogP contribution in [-0.4, -0.2) is 9.94 Å². The van der Waals surface area contributed by atoms with Crippen molar-refractivity contribution in [3.8, 4) is 0 Å². The second-order valence-corrected chi connectivity index (χ2v) is 7.14. The molecular formula is C19H17Cl2N. The zero-order chi connectivity index (χ0) is 15.3. The Hall–Kier alpha value is -1.44. The molecule has 2 aromatic rings. The molecule has 0 saturated heterocycles. The summed E-state index contributed by atoms with van der Waals surface area (Å²) in [6.07, 6.45) is 10.4. The van der Waals surface area contributed by atoms with Crippen molar-refractivity contribution < 1.29 is 0 Å². The lowest BCUT2D eigenvalue weighted by molar-refractivity contribution is 0.773. The molecular weight excluding hydrogens is 313 g/mol. The maximum Gasteiger partial charge on any atom is 0.0587 e. The van der Waals surface area contributed by atoms with E-state index < -0.39 is 0 Å². The first-order valence-electron chi connectivity index (χ1n) is 7.67. The number of fused-ring (bicyclic) bond motifs is 3. The summed E-state index contributed by atoms with van der Waals surface area (Å²) < 4.78 is 2.30. The summed E-state index contributed by atoms with van der Waals surface area (Å²) in [5.41, 5.74) is 4.99. The fraction of sp³-hybridized carbons (Fsp3) is 0.263. The second-order valence-electron chi connectivity index (χ2n) is 6.09.